The molecule has 2 rings (SSSR count). The molecule has 0 spiro atoms. The molecular formula is C7H13Cl2N3. The predicted octanol–water partition coefficient (Wildman–Crippen LogP) is 1.59. The average molecular weight is 210 g/mol. The zero-order valence-corrected chi connectivity index (χ0v) is 8.25. The molecule has 3 N–H and O–H groups in total. The fourth-order valence-electron chi connectivity index (χ4n) is 1.21. The van der Waals surface area contributed by atoms with Gasteiger partial charge in [-0.15, -0.1) is 24.8 Å². The van der Waals surface area contributed by atoms with Crippen molar-refractivity contribution in [2.45, 2.75) is 25.3 Å². The van der Waals surface area contributed by atoms with E-state index in [0.717, 1.165) is 5.92 Å². The molecule has 5 heteroatoms. The Balaban J connectivity index is 0.000000605. The van der Waals surface area contributed by atoms with Crippen LogP contribution in [0.1, 0.15) is 30.0 Å². The second kappa shape index (κ2) is 4.70. The summed E-state index contributed by atoms with van der Waals surface area (Å²) in [5.41, 5.74) is 7.95. The number of aromatic amines is 1. The van der Waals surface area contributed by atoms with Gasteiger partial charge < -0.3 is 5.73 Å². The molecule has 1 aliphatic rings. The summed E-state index contributed by atoms with van der Waals surface area (Å²) in [4.78, 5) is 0. The number of nitrogens with zero attached hydrogens (tertiary/aromatic N) is 1. The van der Waals surface area contributed by atoms with Gasteiger partial charge in [0.05, 0.1) is 6.20 Å². The highest BCUT2D eigenvalue weighted by atomic mass is 35.5. The molecule has 0 aliphatic heterocycles. The Morgan fingerprint density at radius 2 is 2.17 bits per heavy atom. The van der Waals surface area contributed by atoms with Crippen molar-refractivity contribution in [2.75, 3.05) is 0 Å². The van der Waals surface area contributed by atoms with E-state index >= 15 is 0 Å². The highest BCUT2D eigenvalue weighted by Crippen LogP contribution is 2.40. The average Bonchev–Trinajstić information content (AvgIpc) is 2.69. The zero-order valence-electron chi connectivity index (χ0n) is 6.62. The first-order valence-electron chi connectivity index (χ1n) is 3.64. The number of rotatable bonds is 2. The van der Waals surface area contributed by atoms with E-state index in [-0.39, 0.29) is 24.8 Å². The maximum Gasteiger partial charge on any atom is 0.0535 e. The molecule has 0 saturated heterocycles. The molecule has 1 fully saturated rings. The van der Waals surface area contributed by atoms with Crippen molar-refractivity contribution < 1.29 is 0 Å². The molecule has 70 valence electrons. The van der Waals surface area contributed by atoms with Crippen LogP contribution in [0, 0.1) is 0 Å². The molecule has 0 radical (unpaired) electrons. The summed E-state index contributed by atoms with van der Waals surface area (Å²) in [7, 11) is 0. The molecule has 12 heavy (non-hydrogen) atoms. The van der Waals surface area contributed by atoms with Crippen LogP contribution in [0.3, 0.4) is 0 Å². The molecular weight excluding hydrogens is 197 g/mol. The van der Waals surface area contributed by atoms with E-state index in [1.807, 2.05) is 6.20 Å². The van der Waals surface area contributed by atoms with Crippen LogP contribution in [-0.4, -0.2) is 10.2 Å². The lowest BCUT2D eigenvalue weighted by molar-refractivity contribution is 0.938. The van der Waals surface area contributed by atoms with Crippen LogP contribution in [0.25, 0.3) is 0 Å². The van der Waals surface area contributed by atoms with E-state index in [1.54, 1.807) is 0 Å². The summed E-state index contributed by atoms with van der Waals surface area (Å²) < 4.78 is 0. The van der Waals surface area contributed by atoms with Crippen LogP contribution in [0.5, 0.6) is 0 Å². The smallest absolute Gasteiger partial charge is 0.0535 e. The minimum absolute atomic E-state index is 0. The van der Waals surface area contributed by atoms with E-state index < -0.39 is 0 Å². The molecule has 1 saturated carbocycles. The van der Waals surface area contributed by atoms with Gasteiger partial charge >= 0.3 is 0 Å². The Morgan fingerprint density at radius 3 is 2.67 bits per heavy atom. The number of nitrogens with two attached hydrogens (primary N) is 1. The van der Waals surface area contributed by atoms with Crippen molar-refractivity contribution in [1.29, 1.82) is 0 Å². The number of H-pyrrole nitrogens is 1. The second-order valence-electron chi connectivity index (χ2n) is 2.79. The van der Waals surface area contributed by atoms with Crippen LogP contribution in [0.2, 0.25) is 0 Å². The Labute approximate surface area is 83.9 Å². The van der Waals surface area contributed by atoms with Crippen molar-refractivity contribution in [2.24, 2.45) is 5.73 Å². The maximum absolute atomic E-state index is 5.50. The number of aromatic nitrogens is 2. The topological polar surface area (TPSA) is 54.7 Å². The minimum atomic E-state index is 0. The third kappa shape index (κ3) is 2.12. The van der Waals surface area contributed by atoms with Gasteiger partial charge in [0.25, 0.3) is 0 Å². The molecule has 1 aromatic heterocycles. The van der Waals surface area contributed by atoms with Gasteiger partial charge in [0.2, 0.25) is 0 Å². The van der Waals surface area contributed by atoms with Crippen LogP contribution >= 0.6 is 24.8 Å². The quantitative estimate of drug-likeness (QED) is 0.778. The molecule has 0 aromatic carbocycles. The van der Waals surface area contributed by atoms with Crippen molar-refractivity contribution in [3.8, 4) is 0 Å². The van der Waals surface area contributed by atoms with Crippen molar-refractivity contribution in [1.82, 2.24) is 10.2 Å². The molecule has 0 amide bonds. The van der Waals surface area contributed by atoms with Gasteiger partial charge in [0.1, 0.15) is 0 Å². The van der Waals surface area contributed by atoms with E-state index in [2.05, 4.69) is 10.2 Å². The van der Waals surface area contributed by atoms with Gasteiger partial charge in [-0.2, -0.15) is 5.10 Å². The highest BCUT2D eigenvalue weighted by molar-refractivity contribution is 5.85. The van der Waals surface area contributed by atoms with Gasteiger partial charge in [-0.3, -0.25) is 5.10 Å². The van der Waals surface area contributed by atoms with Gasteiger partial charge in [-0.05, 0) is 12.8 Å². The fourth-order valence-corrected chi connectivity index (χ4v) is 1.21. The van der Waals surface area contributed by atoms with Gasteiger partial charge in [-0.1, -0.05) is 0 Å². The summed E-state index contributed by atoms with van der Waals surface area (Å²) >= 11 is 0. The zero-order chi connectivity index (χ0) is 6.97. The second-order valence-corrected chi connectivity index (χ2v) is 2.79. The lowest BCUT2D eigenvalue weighted by atomic mass is 10.2. The first-order valence-corrected chi connectivity index (χ1v) is 3.64. The molecule has 0 unspecified atom stereocenters. The van der Waals surface area contributed by atoms with Crippen molar-refractivity contribution >= 4 is 24.8 Å². The lowest BCUT2D eigenvalue weighted by Crippen LogP contribution is -1.97. The SMILES string of the molecule is Cl.Cl.NCc1cn[nH]c1C1CC1. The molecule has 0 bridgehead atoms. The predicted molar refractivity (Wildman–Crippen MR) is 53.0 cm³/mol. The van der Waals surface area contributed by atoms with E-state index in [9.17, 15) is 0 Å². The summed E-state index contributed by atoms with van der Waals surface area (Å²) in [6, 6.07) is 0. The van der Waals surface area contributed by atoms with Crippen LogP contribution in [0.15, 0.2) is 6.20 Å². The Hall–Kier alpha value is -0.250. The van der Waals surface area contributed by atoms with E-state index in [0.29, 0.717) is 6.54 Å². The molecule has 1 aliphatic carbocycles. The highest BCUT2D eigenvalue weighted by Gasteiger charge is 2.26. The van der Waals surface area contributed by atoms with Crippen LogP contribution in [-0.2, 0) is 6.54 Å². The standard InChI is InChI=1S/C7H11N3.2ClH/c8-3-6-4-9-10-7(6)5-1-2-5;;/h4-5H,1-3,8H2,(H,9,10);2*1H. The van der Waals surface area contributed by atoms with Gasteiger partial charge in [0, 0.05) is 23.7 Å². The van der Waals surface area contributed by atoms with Crippen LogP contribution < -0.4 is 5.73 Å². The minimum Gasteiger partial charge on any atom is -0.326 e. The molecule has 1 heterocycles. The molecule has 1 aromatic rings. The first-order chi connectivity index (χ1) is 4.92. The number of nitrogens with one attached hydrogen (secondary N) is 1. The van der Waals surface area contributed by atoms with E-state index in [1.165, 1.54) is 24.1 Å². The summed E-state index contributed by atoms with van der Waals surface area (Å²) in [5.74, 6) is 0.737. The monoisotopic (exact) mass is 209 g/mol. The Kier molecular flexibility index (Phi) is 4.60. The first kappa shape index (κ1) is 11.8. The van der Waals surface area contributed by atoms with Gasteiger partial charge in [-0.25, -0.2) is 0 Å². The molecule has 0 atom stereocenters. The van der Waals surface area contributed by atoms with Gasteiger partial charge in [0.15, 0.2) is 0 Å². The Morgan fingerprint density at radius 1 is 1.50 bits per heavy atom. The Bertz CT molecular complexity index is 232. The third-order valence-electron chi connectivity index (χ3n) is 1.96. The number of hydrogen-bond acceptors (Lipinski definition) is 2. The number of halogens is 2. The summed E-state index contributed by atoms with van der Waals surface area (Å²) in [6.45, 7) is 0.613. The van der Waals surface area contributed by atoms with Crippen molar-refractivity contribution in [3.63, 3.8) is 0 Å². The van der Waals surface area contributed by atoms with Crippen LogP contribution in [0.4, 0.5) is 0 Å². The van der Waals surface area contributed by atoms with E-state index in [4.69, 9.17) is 5.73 Å². The fraction of sp³-hybridized carbons (Fsp3) is 0.571. The maximum atomic E-state index is 5.50. The summed E-state index contributed by atoms with van der Waals surface area (Å²) in [6.07, 6.45) is 4.43. The number of hydrogen-bond donors (Lipinski definition) is 2. The van der Waals surface area contributed by atoms with Crippen molar-refractivity contribution in [3.05, 3.63) is 17.5 Å². The summed E-state index contributed by atoms with van der Waals surface area (Å²) in [5, 5.41) is 6.94. The third-order valence-corrected chi connectivity index (χ3v) is 1.96. The largest absolute Gasteiger partial charge is 0.326 e. The normalized spacial score (nSPS) is 14.8. The lowest BCUT2D eigenvalue weighted by Gasteiger charge is -1.94. The molecule has 3 nitrogen and oxygen atoms in total.